The third kappa shape index (κ3) is 5.30. The summed E-state index contributed by atoms with van der Waals surface area (Å²) in [4.78, 5) is 0. The van der Waals surface area contributed by atoms with E-state index in [0.29, 0.717) is 13.0 Å². The van der Waals surface area contributed by atoms with E-state index in [1.54, 1.807) is 6.07 Å². The Morgan fingerprint density at radius 1 is 1.50 bits per heavy atom. The van der Waals surface area contributed by atoms with Gasteiger partial charge < -0.3 is 5.32 Å². The lowest BCUT2D eigenvalue weighted by Gasteiger charge is -2.14. The Balaban J connectivity index is 2.45. The minimum Gasteiger partial charge on any atom is -0.310 e. The number of rotatable bonds is 6. The molecule has 0 bridgehead atoms. The van der Waals surface area contributed by atoms with Crippen LogP contribution in [0.15, 0.2) is 18.2 Å². The zero-order valence-corrected chi connectivity index (χ0v) is 11.6. The summed E-state index contributed by atoms with van der Waals surface area (Å²) in [6, 6.07) is 4.49. The third-order valence-electron chi connectivity index (χ3n) is 2.50. The molecule has 0 spiro atoms. The molecule has 1 atom stereocenters. The lowest BCUT2D eigenvalue weighted by Crippen LogP contribution is -2.24. The lowest BCUT2D eigenvalue weighted by molar-refractivity contribution is 0.555. The van der Waals surface area contributed by atoms with Crippen molar-refractivity contribution < 1.29 is 12.8 Å². The van der Waals surface area contributed by atoms with Crippen molar-refractivity contribution in [3.05, 3.63) is 34.6 Å². The molecule has 4 nitrogen and oxygen atoms in total. The van der Waals surface area contributed by atoms with Crippen molar-refractivity contribution in [2.24, 2.45) is 5.14 Å². The maximum Gasteiger partial charge on any atom is 0.209 e. The fraction of sp³-hybridized carbons (Fsp3) is 0.455. The van der Waals surface area contributed by atoms with Gasteiger partial charge in [0.15, 0.2) is 0 Å². The Morgan fingerprint density at radius 3 is 2.72 bits per heavy atom. The topological polar surface area (TPSA) is 72.2 Å². The summed E-state index contributed by atoms with van der Waals surface area (Å²) in [5.41, 5.74) is 0.757. The van der Waals surface area contributed by atoms with Gasteiger partial charge in [0.1, 0.15) is 5.82 Å². The largest absolute Gasteiger partial charge is 0.310 e. The Morgan fingerprint density at radius 2 is 2.17 bits per heavy atom. The van der Waals surface area contributed by atoms with Gasteiger partial charge in [-0.15, -0.1) is 0 Å². The van der Waals surface area contributed by atoms with Crippen LogP contribution >= 0.6 is 11.6 Å². The summed E-state index contributed by atoms with van der Waals surface area (Å²) in [5.74, 6) is -0.533. The molecule has 0 saturated carbocycles. The molecule has 18 heavy (non-hydrogen) atoms. The molecule has 0 aliphatic carbocycles. The van der Waals surface area contributed by atoms with Gasteiger partial charge in [0.05, 0.1) is 10.8 Å². The molecule has 0 heterocycles. The highest BCUT2D eigenvalue weighted by Gasteiger charge is 2.08. The van der Waals surface area contributed by atoms with E-state index in [-0.39, 0.29) is 16.8 Å². The highest BCUT2D eigenvalue weighted by molar-refractivity contribution is 7.89. The van der Waals surface area contributed by atoms with Gasteiger partial charge in [-0.25, -0.2) is 17.9 Å². The molecule has 1 rings (SSSR count). The molecule has 1 aromatic carbocycles. The zero-order valence-electron chi connectivity index (χ0n) is 9.99. The maximum atomic E-state index is 13.2. The molecule has 0 aromatic heterocycles. The van der Waals surface area contributed by atoms with Crippen LogP contribution in [-0.4, -0.2) is 20.7 Å². The Bertz CT molecular complexity index is 508. The fourth-order valence-electron chi connectivity index (χ4n) is 1.49. The molecule has 1 unspecified atom stereocenters. The standard InChI is InChI=1S/C11H16ClFN2O2S/c1-8(15-5-2-6-18(14,16)17)9-3-4-10(12)11(13)7-9/h3-4,7-8,15H,2,5-6H2,1H3,(H2,14,16,17). The fourth-order valence-corrected chi connectivity index (χ4v) is 2.16. The first-order chi connectivity index (χ1) is 8.29. The monoisotopic (exact) mass is 294 g/mol. The summed E-state index contributed by atoms with van der Waals surface area (Å²) in [6.45, 7) is 2.35. The van der Waals surface area contributed by atoms with E-state index in [1.165, 1.54) is 12.1 Å². The van der Waals surface area contributed by atoms with Gasteiger partial charge in [0, 0.05) is 6.04 Å². The first-order valence-electron chi connectivity index (χ1n) is 5.48. The van der Waals surface area contributed by atoms with Crippen LogP contribution in [0.25, 0.3) is 0 Å². The van der Waals surface area contributed by atoms with Crippen LogP contribution in [0.4, 0.5) is 4.39 Å². The highest BCUT2D eigenvalue weighted by atomic mass is 35.5. The van der Waals surface area contributed by atoms with Gasteiger partial charge in [-0.3, -0.25) is 0 Å². The van der Waals surface area contributed by atoms with Crippen molar-refractivity contribution in [1.29, 1.82) is 0 Å². The molecule has 102 valence electrons. The number of halogens is 2. The van der Waals surface area contributed by atoms with E-state index in [0.717, 1.165) is 5.56 Å². The van der Waals surface area contributed by atoms with E-state index in [1.807, 2.05) is 6.92 Å². The second-order valence-electron chi connectivity index (χ2n) is 4.07. The normalized spacial score (nSPS) is 13.6. The number of benzene rings is 1. The number of primary sulfonamides is 1. The van der Waals surface area contributed by atoms with Crippen LogP contribution in [0.2, 0.25) is 5.02 Å². The molecule has 0 aliphatic heterocycles. The molecule has 0 saturated heterocycles. The first kappa shape index (κ1) is 15.4. The van der Waals surface area contributed by atoms with Crippen LogP contribution in [0.5, 0.6) is 0 Å². The molecule has 3 N–H and O–H groups in total. The summed E-state index contributed by atoms with van der Waals surface area (Å²) >= 11 is 5.59. The van der Waals surface area contributed by atoms with E-state index in [9.17, 15) is 12.8 Å². The number of hydrogen-bond acceptors (Lipinski definition) is 3. The van der Waals surface area contributed by atoms with E-state index in [2.05, 4.69) is 5.32 Å². The first-order valence-corrected chi connectivity index (χ1v) is 7.58. The predicted molar refractivity (Wildman–Crippen MR) is 70.4 cm³/mol. The zero-order chi connectivity index (χ0) is 13.8. The average Bonchev–Trinajstić information content (AvgIpc) is 2.26. The number of nitrogens with two attached hydrogens (primary N) is 1. The van der Waals surface area contributed by atoms with Crippen LogP contribution in [0.3, 0.4) is 0 Å². The van der Waals surface area contributed by atoms with Crippen molar-refractivity contribution in [2.45, 2.75) is 19.4 Å². The van der Waals surface area contributed by atoms with Gasteiger partial charge in [-0.05, 0) is 37.6 Å². The molecule has 0 amide bonds. The minimum absolute atomic E-state index is 0.0678. The maximum absolute atomic E-state index is 13.2. The SMILES string of the molecule is CC(NCCCS(N)(=O)=O)c1ccc(Cl)c(F)c1. The molecule has 0 radical (unpaired) electrons. The molecule has 1 aromatic rings. The highest BCUT2D eigenvalue weighted by Crippen LogP contribution is 2.19. The van der Waals surface area contributed by atoms with Crippen LogP contribution in [0.1, 0.15) is 24.9 Å². The van der Waals surface area contributed by atoms with Crippen molar-refractivity contribution >= 4 is 21.6 Å². The van der Waals surface area contributed by atoms with E-state index >= 15 is 0 Å². The molecular weight excluding hydrogens is 279 g/mol. The van der Waals surface area contributed by atoms with Gasteiger partial charge in [0.25, 0.3) is 0 Å². The summed E-state index contributed by atoms with van der Waals surface area (Å²) in [7, 11) is -3.42. The van der Waals surface area contributed by atoms with Gasteiger partial charge in [-0.1, -0.05) is 17.7 Å². The number of nitrogens with one attached hydrogen (secondary N) is 1. The summed E-state index contributed by atoms with van der Waals surface area (Å²) < 4.78 is 34.7. The summed E-state index contributed by atoms with van der Waals surface area (Å²) in [6.07, 6.45) is 0.416. The third-order valence-corrected chi connectivity index (χ3v) is 3.66. The van der Waals surface area contributed by atoms with E-state index in [4.69, 9.17) is 16.7 Å². The molecule has 0 fully saturated rings. The second kappa shape index (κ2) is 6.47. The van der Waals surface area contributed by atoms with Crippen molar-refractivity contribution in [2.75, 3.05) is 12.3 Å². The van der Waals surface area contributed by atoms with Gasteiger partial charge in [0.2, 0.25) is 10.0 Å². The van der Waals surface area contributed by atoms with Crippen LogP contribution in [-0.2, 0) is 10.0 Å². The van der Waals surface area contributed by atoms with Crippen molar-refractivity contribution in [1.82, 2.24) is 5.32 Å². The Hall–Kier alpha value is -0.690. The Labute approximate surface area is 111 Å². The van der Waals surface area contributed by atoms with Crippen molar-refractivity contribution in [3.8, 4) is 0 Å². The molecular formula is C11H16ClFN2O2S. The number of hydrogen-bond donors (Lipinski definition) is 2. The number of sulfonamides is 1. The average molecular weight is 295 g/mol. The van der Waals surface area contributed by atoms with Gasteiger partial charge >= 0.3 is 0 Å². The Kier molecular flexibility index (Phi) is 5.52. The molecule has 0 aliphatic rings. The smallest absolute Gasteiger partial charge is 0.209 e. The van der Waals surface area contributed by atoms with Gasteiger partial charge in [-0.2, -0.15) is 0 Å². The van der Waals surface area contributed by atoms with Crippen LogP contribution < -0.4 is 10.5 Å². The minimum atomic E-state index is -3.42. The lowest BCUT2D eigenvalue weighted by atomic mass is 10.1. The van der Waals surface area contributed by atoms with E-state index < -0.39 is 15.8 Å². The van der Waals surface area contributed by atoms with Crippen LogP contribution in [0, 0.1) is 5.82 Å². The quantitative estimate of drug-likeness (QED) is 0.786. The predicted octanol–water partition coefficient (Wildman–Crippen LogP) is 1.81. The second-order valence-corrected chi connectivity index (χ2v) is 6.21. The molecule has 7 heteroatoms. The summed E-state index contributed by atoms with van der Waals surface area (Å²) in [5, 5.41) is 8.05. The van der Waals surface area contributed by atoms with Crippen molar-refractivity contribution in [3.63, 3.8) is 0 Å².